The van der Waals surface area contributed by atoms with Gasteiger partial charge in [-0.2, -0.15) is 4.21 Å². The zero-order chi connectivity index (χ0) is 8.69. The summed E-state index contributed by atoms with van der Waals surface area (Å²) in [4.78, 5) is 1.23. The number of rotatable bonds is 6. The summed E-state index contributed by atoms with van der Waals surface area (Å²) in [6, 6.07) is 0. The van der Waals surface area contributed by atoms with E-state index in [9.17, 15) is 4.21 Å². The molecule has 0 saturated carbocycles. The summed E-state index contributed by atoms with van der Waals surface area (Å²) < 4.78 is 22.3. The second-order valence-electron chi connectivity index (χ2n) is 1.72. The van der Waals surface area contributed by atoms with E-state index in [2.05, 4.69) is 4.18 Å². The maximum atomic E-state index is 9.90. The molecule has 0 aromatic rings. The van der Waals surface area contributed by atoms with Crippen molar-refractivity contribution in [3.05, 3.63) is 0 Å². The van der Waals surface area contributed by atoms with Gasteiger partial charge in [0.15, 0.2) is 0 Å². The van der Waals surface area contributed by atoms with E-state index < -0.39 is 11.4 Å². The molecule has 0 aromatic heterocycles. The van der Waals surface area contributed by atoms with E-state index in [0.29, 0.717) is 0 Å². The zero-order valence-corrected chi connectivity index (χ0v) is 6.66. The van der Waals surface area contributed by atoms with E-state index in [-0.39, 0.29) is 26.6 Å². The van der Waals surface area contributed by atoms with Crippen molar-refractivity contribution in [3.8, 4) is 0 Å². The Balaban J connectivity index is 3.28. The third kappa shape index (κ3) is 6.35. The van der Waals surface area contributed by atoms with Crippen molar-refractivity contribution in [2.45, 2.75) is 0 Å². The minimum Gasteiger partial charge on any atom is -0.381 e. The van der Waals surface area contributed by atoms with Crippen LogP contribution in [-0.2, 0) is 15.5 Å². The highest BCUT2D eigenvalue weighted by molar-refractivity contribution is 7.74. The molecule has 1 atom stereocenters. The van der Waals surface area contributed by atoms with Gasteiger partial charge in [-0.25, -0.2) is 0 Å². The molecule has 0 radical (unpaired) electrons. The molecule has 0 rings (SSSR count). The molecule has 1 unspecified atom stereocenters. The van der Waals surface area contributed by atoms with Crippen LogP contribution in [0, 0.1) is 0 Å². The van der Waals surface area contributed by atoms with Crippen molar-refractivity contribution in [1.82, 2.24) is 4.90 Å². The van der Waals surface area contributed by atoms with Gasteiger partial charge in [-0.3, -0.25) is 13.6 Å². The summed E-state index contributed by atoms with van der Waals surface area (Å²) in [5.41, 5.74) is 0. The van der Waals surface area contributed by atoms with Gasteiger partial charge in [0.05, 0.1) is 20.1 Å². The molecule has 0 saturated heterocycles. The molecular weight excluding hydrogens is 174 g/mol. The SMILES string of the molecule is O=S(O)OCCN(CO)CO. The first kappa shape index (κ1) is 11.0. The Labute approximate surface area is 66.9 Å². The Kier molecular flexibility index (Phi) is 6.62. The summed E-state index contributed by atoms with van der Waals surface area (Å²) in [5, 5.41) is 16.9. The van der Waals surface area contributed by atoms with Gasteiger partial charge in [-0.1, -0.05) is 0 Å². The van der Waals surface area contributed by atoms with Crippen LogP contribution in [0.1, 0.15) is 0 Å². The number of nitrogens with zero attached hydrogens (tertiary/aromatic N) is 1. The summed E-state index contributed by atoms with van der Waals surface area (Å²) in [6.07, 6.45) is 0. The molecule has 6 nitrogen and oxygen atoms in total. The Morgan fingerprint density at radius 1 is 1.36 bits per heavy atom. The van der Waals surface area contributed by atoms with Crippen molar-refractivity contribution in [2.24, 2.45) is 0 Å². The molecule has 0 heterocycles. The highest BCUT2D eigenvalue weighted by Gasteiger charge is 2.01. The van der Waals surface area contributed by atoms with Crippen LogP contribution in [0.15, 0.2) is 0 Å². The third-order valence-corrected chi connectivity index (χ3v) is 1.36. The van der Waals surface area contributed by atoms with E-state index in [4.69, 9.17) is 14.8 Å². The van der Waals surface area contributed by atoms with Crippen molar-refractivity contribution >= 4 is 11.4 Å². The molecular formula is C4H11NO5S. The number of aliphatic hydroxyl groups excluding tert-OH is 2. The molecule has 0 aliphatic carbocycles. The molecule has 0 amide bonds. The molecule has 0 aliphatic rings. The van der Waals surface area contributed by atoms with Crippen LogP contribution in [-0.4, -0.2) is 50.5 Å². The predicted octanol–water partition coefficient (Wildman–Crippen LogP) is -1.66. The van der Waals surface area contributed by atoms with Crippen molar-refractivity contribution in [2.75, 3.05) is 26.6 Å². The molecule has 68 valence electrons. The van der Waals surface area contributed by atoms with Crippen LogP contribution < -0.4 is 0 Å². The first-order chi connectivity index (χ1) is 5.20. The Bertz CT molecular complexity index is 117. The summed E-state index contributed by atoms with van der Waals surface area (Å²) in [5.74, 6) is 0. The second kappa shape index (κ2) is 6.65. The molecule has 0 aromatic carbocycles. The third-order valence-electron chi connectivity index (χ3n) is 0.992. The van der Waals surface area contributed by atoms with Gasteiger partial charge in [0.1, 0.15) is 0 Å². The Hall–Kier alpha value is -0.0500. The zero-order valence-electron chi connectivity index (χ0n) is 5.84. The monoisotopic (exact) mass is 185 g/mol. The fraction of sp³-hybridized carbons (Fsp3) is 1.00. The number of aliphatic hydroxyl groups is 2. The minimum atomic E-state index is -2.28. The standard InChI is InChI=1S/C4H11NO5S/c6-3-5(4-7)1-2-10-11(8)9/h6-7H,1-4H2,(H,8,9). The van der Waals surface area contributed by atoms with Gasteiger partial charge < -0.3 is 10.2 Å². The lowest BCUT2D eigenvalue weighted by Crippen LogP contribution is -2.29. The van der Waals surface area contributed by atoms with E-state index in [1.165, 1.54) is 4.90 Å². The summed E-state index contributed by atoms with van der Waals surface area (Å²) >= 11 is -2.28. The van der Waals surface area contributed by atoms with Gasteiger partial charge in [0, 0.05) is 6.54 Å². The lowest BCUT2D eigenvalue weighted by molar-refractivity contribution is 0.0212. The molecule has 0 fully saturated rings. The topological polar surface area (TPSA) is 90.2 Å². The van der Waals surface area contributed by atoms with Crippen LogP contribution in [0.5, 0.6) is 0 Å². The quantitative estimate of drug-likeness (QED) is 0.339. The first-order valence-corrected chi connectivity index (χ1v) is 3.92. The van der Waals surface area contributed by atoms with Crippen LogP contribution in [0.25, 0.3) is 0 Å². The Morgan fingerprint density at radius 3 is 2.27 bits per heavy atom. The van der Waals surface area contributed by atoms with Crippen LogP contribution >= 0.6 is 0 Å². The van der Waals surface area contributed by atoms with Gasteiger partial charge >= 0.3 is 11.4 Å². The maximum Gasteiger partial charge on any atom is 0.301 e. The normalized spacial score (nSPS) is 13.8. The average Bonchev–Trinajstić information content (AvgIpc) is 1.98. The molecule has 0 spiro atoms. The van der Waals surface area contributed by atoms with E-state index in [0.717, 1.165) is 0 Å². The maximum absolute atomic E-state index is 9.90. The van der Waals surface area contributed by atoms with Gasteiger partial charge in [-0.05, 0) is 0 Å². The smallest absolute Gasteiger partial charge is 0.301 e. The Morgan fingerprint density at radius 2 is 1.91 bits per heavy atom. The molecule has 0 aliphatic heterocycles. The molecule has 11 heavy (non-hydrogen) atoms. The van der Waals surface area contributed by atoms with Crippen molar-refractivity contribution in [3.63, 3.8) is 0 Å². The number of hydrogen-bond acceptors (Lipinski definition) is 5. The van der Waals surface area contributed by atoms with E-state index in [1.54, 1.807) is 0 Å². The van der Waals surface area contributed by atoms with E-state index >= 15 is 0 Å². The number of hydrogen-bond donors (Lipinski definition) is 3. The van der Waals surface area contributed by atoms with Gasteiger partial charge in [0.25, 0.3) is 0 Å². The average molecular weight is 185 g/mol. The first-order valence-electron chi connectivity index (χ1n) is 2.89. The van der Waals surface area contributed by atoms with Crippen molar-refractivity contribution in [1.29, 1.82) is 0 Å². The van der Waals surface area contributed by atoms with Crippen LogP contribution in [0.3, 0.4) is 0 Å². The fourth-order valence-electron chi connectivity index (χ4n) is 0.424. The molecule has 0 bridgehead atoms. The largest absolute Gasteiger partial charge is 0.381 e. The fourth-order valence-corrected chi connectivity index (χ4v) is 0.641. The lowest BCUT2D eigenvalue weighted by Gasteiger charge is -2.14. The summed E-state index contributed by atoms with van der Waals surface area (Å²) in [7, 11) is 0. The molecule has 3 N–H and O–H groups in total. The minimum absolute atomic E-state index is 0.00969. The highest BCUT2D eigenvalue weighted by atomic mass is 32.2. The second-order valence-corrected chi connectivity index (χ2v) is 2.39. The van der Waals surface area contributed by atoms with Crippen LogP contribution in [0.4, 0.5) is 0 Å². The van der Waals surface area contributed by atoms with Crippen LogP contribution in [0.2, 0.25) is 0 Å². The van der Waals surface area contributed by atoms with Crippen molar-refractivity contribution < 1.29 is 23.2 Å². The summed E-state index contributed by atoms with van der Waals surface area (Å²) in [6.45, 7) is -0.417. The van der Waals surface area contributed by atoms with E-state index in [1.807, 2.05) is 0 Å². The van der Waals surface area contributed by atoms with Gasteiger partial charge in [0.2, 0.25) is 0 Å². The predicted molar refractivity (Wildman–Crippen MR) is 37.6 cm³/mol. The molecule has 7 heteroatoms. The highest BCUT2D eigenvalue weighted by Crippen LogP contribution is 1.85. The van der Waals surface area contributed by atoms with Gasteiger partial charge in [-0.15, -0.1) is 0 Å². The lowest BCUT2D eigenvalue weighted by atomic mass is 10.6.